The SMILES string of the molecule is C/C=C(\SC)c1ccc(-c2ccccc2)s1. The molecular formula is C14H14S2. The molecular weight excluding hydrogens is 232 g/mol. The van der Waals surface area contributed by atoms with Gasteiger partial charge in [-0.15, -0.1) is 23.1 Å². The molecule has 0 nitrogen and oxygen atoms in total. The number of hydrogen-bond acceptors (Lipinski definition) is 2. The Morgan fingerprint density at radius 2 is 1.88 bits per heavy atom. The fourth-order valence-corrected chi connectivity index (χ4v) is 3.45. The predicted molar refractivity (Wildman–Crippen MR) is 76.9 cm³/mol. The highest BCUT2D eigenvalue weighted by Crippen LogP contribution is 2.35. The molecule has 0 aliphatic rings. The molecule has 82 valence electrons. The van der Waals surface area contributed by atoms with Crippen LogP contribution in [0.5, 0.6) is 0 Å². The average molecular weight is 246 g/mol. The summed E-state index contributed by atoms with van der Waals surface area (Å²) in [6.45, 7) is 2.09. The molecule has 0 aliphatic heterocycles. The minimum Gasteiger partial charge on any atom is -0.135 e. The van der Waals surface area contributed by atoms with Crippen molar-refractivity contribution in [2.75, 3.05) is 6.26 Å². The zero-order valence-electron chi connectivity index (χ0n) is 9.44. The lowest BCUT2D eigenvalue weighted by Gasteiger charge is -1.98. The van der Waals surface area contributed by atoms with Crippen molar-refractivity contribution in [3.05, 3.63) is 53.4 Å². The van der Waals surface area contributed by atoms with Gasteiger partial charge in [-0.1, -0.05) is 36.4 Å². The van der Waals surface area contributed by atoms with Gasteiger partial charge in [-0.2, -0.15) is 0 Å². The van der Waals surface area contributed by atoms with E-state index in [1.54, 1.807) is 11.8 Å². The van der Waals surface area contributed by atoms with Gasteiger partial charge in [0.15, 0.2) is 0 Å². The van der Waals surface area contributed by atoms with E-state index < -0.39 is 0 Å². The molecule has 0 spiro atoms. The van der Waals surface area contributed by atoms with Crippen molar-refractivity contribution in [3.8, 4) is 10.4 Å². The van der Waals surface area contributed by atoms with Gasteiger partial charge in [0.25, 0.3) is 0 Å². The third-order valence-corrected chi connectivity index (χ3v) is 4.58. The largest absolute Gasteiger partial charge is 0.135 e. The Kier molecular flexibility index (Phi) is 3.86. The fourth-order valence-electron chi connectivity index (χ4n) is 1.59. The van der Waals surface area contributed by atoms with Gasteiger partial charge >= 0.3 is 0 Å². The van der Waals surface area contributed by atoms with Crippen LogP contribution in [0.1, 0.15) is 11.8 Å². The van der Waals surface area contributed by atoms with Gasteiger partial charge in [0, 0.05) is 14.7 Å². The number of allylic oxidation sites excluding steroid dienone is 1. The number of hydrogen-bond donors (Lipinski definition) is 0. The summed E-state index contributed by atoms with van der Waals surface area (Å²) in [5.74, 6) is 0. The van der Waals surface area contributed by atoms with Crippen molar-refractivity contribution in [2.45, 2.75) is 6.92 Å². The minimum absolute atomic E-state index is 1.30. The number of thioether (sulfide) groups is 1. The molecule has 2 rings (SSSR count). The van der Waals surface area contributed by atoms with Crippen molar-refractivity contribution in [1.82, 2.24) is 0 Å². The van der Waals surface area contributed by atoms with Gasteiger partial charge in [0.1, 0.15) is 0 Å². The molecule has 1 heterocycles. The van der Waals surface area contributed by atoms with E-state index in [0.717, 1.165) is 0 Å². The molecule has 0 radical (unpaired) electrons. The Labute approximate surface area is 105 Å². The van der Waals surface area contributed by atoms with Gasteiger partial charge < -0.3 is 0 Å². The Bertz CT molecular complexity index is 480. The van der Waals surface area contributed by atoms with Gasteiger partial charge in [-0.25, -0.2) is 0 Å². The first-order chi connectivity index (χ1) is 7.85. The van der Waals surface area contributed by atoms with Crippen LogP contribution in [0.2, 0.25) is 0 Å². The molecule has 0 amide bonds. The molecule has 0 fully saturated rings. The summed E-state index contributed by atoms with van der Waals surface area (Å²) in [7, 11) is 0. The molecule has 1 aromatic heterocycles. The highest BCUT2D eigenvalue weighted by Gasteiger charge is 2.05. The second kappa shape index (κ2) is 5.37. The quantitative estimate of drug-likeness (QED) is 0.722. The molecule has 2 aromatic rings. The van der Waals surface area contributed by atoms with Gasteiger partial charge in [-0.3, -0.25) is 0 Å². The fraction of sp³-hybridized carbons (Fsp3) is 0.143. The van der Waals surface area contributed by atoms with Crippen LogP contribution in [0, 0.1) is 0 Å². The topological polar surface area (TPSA) is 0 Å². The number of rotatable bonds is 3. The smallest absolute Gasteiger partial charge is 0.0409 e. The van der Waals surface area contributed by atoms with Crippen molar-refractivity contribution < 1.29 is 0 Å². The zero-order valence-corrected chi connectivity index (χ0v) is 11.1. The van der Waals surface area contributed by atoms with E-state index in [1.807, 2.05) is 11.3 Å². The van der Waals surface area contributed by atoms with Crippen LogP contribution in [-0.4, -0.2) is 6.26 Å². The van der Waals surface area contributed by atoms with E-state index >= 15 is 0 Å². The lowest BCUT2D eigenvalue weighted by molar-refractivity contribution is 1.70. The molecule has 0 saturated heterocycles. The van der Waals surface area contributed by atoms with Crippen molar-refractivity contribution in [2.24, 2.45) is 0 Å². The van der Waals surface area contributed by atoms with E-state index in [0.29, 0.717) is 0 Å². The molecule has 0 aliphatic carbocycles. The van der Waals surface area contributed by atoms with E-state index in [2.05, 4.69) is 61.7 Å². The van der Waals surface area contributed by atoms with E-state index in [4.69, 9.17) is 0 Å². The summed E-state index contributed by atoms with van der Waals surface area (Å²) in [5, 5.41) is 0. The summed E-state index contributed by atoms with van der Waals surface area (Å²) in [4.78, 5) is 4.05. The Hall–Kier alpha value is -0.990. The molecule has 0 unspecified atom stereocenters. The molecule has 0 saturated carbocycles. The van der Waals surface area contributed by atoms with Crippen molar-refractivity contribution in [3.63, 3.8) is 0 Å². The second-order valence-electron chi connectivity index (χ2n) is 3.39. The second-order valence-corrected chi connectivity index (χ2v) is 5.32. The Morgan fingerprint density at radius 1 is 1.12 bits per heavy atom. The lowest BCUT2D eigenvalue weighted by atomic mass is 10.2. The average Bonchev–Trinajstić information content (AvgIpc) is 2.81. The van der Waals surface area contributed by atoms with Crippen molar-refractivity contribution in [1.29, 1.82) is 0 Å². The van der Waals surface area contributed by atoms with Gasteiger partial charge in [0.2, 0.25) is 0 Å². The van der Waals surface area contributed by atoms with Crippen LogP contribution in [0.3, 0.4) is 0 Å². The summed E-state index contributed by atoms with van der Waals surface area (Å²) in [5.41, 5.74) is 1.30. The van der Waals surface area contributed by atoms with Crippen molar-refractivity contribution >= 4 is 28.0 Å². The standard InChI is InChI=1S/C14H14S2/c1-3-12(15-2)14-10-9-13(16-14)11-7-5-4-6-8-11/h3-10H,1-2H3/b12-3-. The van der Waals surface area contributed by atoms with E-state index in [-0.39, 0.29) is 0 Å². The van der Waals surface area contributed by atoms with E-state index in [1.165, 1.54) is 20.2 Å². The number of benzene rings is 1. The van der Waals surface area contributed by atoms with Crippen LogP contribution in [-0.2, 0) is 0 Å². The minimum atomic E-state index is 1.30. The van der Waals surface area contributed by atoms with E-state index in [9.17, 15) is 0 Å². The maximum absolute atomic E-state index is 2.21. The van der Waals surface area contributed by atoms with Crippen LogP contribution < -0.4 is 0 Å². The molecule has 0 bridgehead atoms. The maximum atomic E-state index is 2.21. The van der Waals surface area contributed by atoms with Crippen LogP contribution >= 0.6 is 23.1 Å². The molecule has 2 heteroatoms. The molecule has 0 N–H and O–H groups in total. The third kappa shape index (κ3) is 2.39. The number of thiophene rings is 1. The molecule has 0 atom stereocenters. The van der Waals surface area contributed by atoms with Crippen LogP contribution in [0.4, 0.5) is 0 Å². The van der Waals surface area contributed by atoms with Crippen LogP contribution in [0.15, 0.2) is 48.5 Å². The van der Waals surface area contributed by atoms with Crippen LogP contribution in [0.25, 0.3) is 15.3 Å². The first kappa shape index (κ1) is 11.5. The zero-order chi connectivity index (χ0) is 11.4. The highest BCUT2D eigenvalue weighted by atomic mass is 32.2. The monoisotopic (exact) mass is 246 g/mol. The summed E-state index contributed by atoms with van der Waals surface area (Å²) >= 11 is 3.66. The Balaban J connectivity index is 2.34. The third-order valence-electron chi connectivity index (χ3n) is 2.39. The lowest BCUT2D eigenvalue weighted by Crippen LogP contribution is -1.69. The highest BCUT2D eigenvalue weighted by molar-refractivity contribution is 8.07. The first-order valence-electron chi connectivity index (χ1n) is 5.21. The maximum Gasteiger partial charge on any atom is 0.0409 e. The summed E-state index contributed by atoms with van der Waals surface area (Å²) < 4.78 is 0. The Morgan fingerprint density at radius 3 is 2.50 bits per heavy atom. The first-order valence-corrected chi connectivity index (χ1v) is 7.25. The summed E-state index contributed by atoms with van der Waals surface area (Å²) in [6, 6.07) is 14.9. The van der Waals surface area contributed by atoms with Gasteiger partial charge in [-0.05, 0) is 30.9 Å². The predicted octanol–water partition coefficient (Wildman–Crippen LogP) is 5.14. The van der Waals surface area contributed by atoms with Gasteiger partial charge in [0.05, 0.1) is 0 Å². The normalized spacial score (nSPS) is 11.8. The molecule has 1 aromatic carbocycles. The molecule has 16 heavy (non-hydrogen) atoms. The summed E-state index contributed by atoms with van der Waals surface area (Å²) in [6.07, 6.45) is 4.29.